The van der Waals surface area contributed by atoms with E-state index in [0.29, 0.717) is 36.5 Å². The number of aromatic hydroxyl groups is 6. The molecular formula is C121H167Ir3N6O9-3. The van der Waals surface area contributed by atoms with Gasteiger partial charge >= 0.3 is 0 Å². The molecule has 3 fully saturated rings. The van der Waals surface area contributed by atoms with Gasteiger partial charge in [0, 0.05) is 131 Å². The van der Waals surface area contributed by atoms with Crippen molar-refractivity contribution < 1.29 is 105 Å². The number of ether oxygens (including phenoxy) is 3. The average Bonchev–Trinajstić information content (AvgIpc) is 0.854. The van der Waals surface area contributed by atoms with E-state index in [4.69, 9.17) is 44.2 Å². The zero-order valence-electron chi connectivity index (χ0n) is 85.4. The number of nitrogens with zero attached hydrogens (tertiary/aromatic N) is 6. The van der Waals surface area contributed by atoms with Crippen LogP contribution in [0.4, 0.5) is 0 Å². The summed E-state index contributed by atoms with van der Waals surface area (Å²) >= 11 is 0. The van der Waals surface area contributed by atoms with Crippen LogP contribution in [0.1, 0.15) is 364 Å². The van der Waals surface area contributed by atoms with E-state index in [0.717, 1.165) is 147 Å². The van der Waals surface area contributed by atoms with Crippen molar-refractivity contribution in [2.75, 3.05) is 19.8 Å². The largest absolute Gasteiger partial charge is 0.507 e. The fourth-order valence-corrected chi connectivity index (χ4v) is 16.8. The molecule has 15 nitrogen and oxygen atoms in total. The maximum atomic E-state index is 10.4. The summed E-state index contributed by atoms with van der Waals surface area (Å²) in [5, 5.41) is 61.6. The molecule has 3 radical (unpaired) electrons. The number of unbranched alkanes of at least 4 members (excludes halogenated alkanes) is 28. The molecule has 9 aromatic rings. The van der Waals surface area contributed by atoms with Gasteiger partial charge in [-0.3, -0.25) is 30.0 Å². The SMILES string of the molecule is CCCCCCCCCCCCCOc1ccc(O)c(C=N[C@@H]2CCCC[C@H]2N=Cc2cc(C)ccc2O)c1.CCCCCCCCCCCCCOc1ccc(O)c(C=N[C@@H]2CCCC[C@H]2N=Cc2cc(C)ccc2O)c1.CCCCCCCCCCCOc1ccc(O)c(C=N[C@@H]2CCCC[C@H]2N=Cc2cc(C)ccc2O)c1.Cc1cc[c-]cc1.Cc1cc[c-]cc1.Cc1cc[c-]cc1.[Ir].[Ir].[Ir]. The Balaban J connectivity index is 0.000000387. The molecule has 0 heterocycles. The average molecular weight is 2430 g/mol. The Labute approximate surface area is 878 Å². The minimum Gasteiger partial charge on any atom is -0.507 e. The Morgan fingerprint density at radius 1 is 0.230 bits per heavy atom. The number of aryl methyl sites for hydroxylation is 6. The van der Waals surface area contributed by atoms with Gasteiger partial charge in [-0.2, -0.15) is 108 Å². The smallest absolute Gasteiger partial charge is 0.124 e. The van der Waals surface area contributed by atoms with Crippen molar-refractivity contribution in [1.29, 1.82) is 0 Å². The summed E-state index contributed by atoms with van der Waals surface area (Å²) in [5.41, 5.74) is 11.4. The Morgan fingerprint density at radius 3 is 0.583 bits per heavy atom. The van der Waals surface area contributed by atoms with Crippen molar-refractivity contribution >= 4 is 37.3 Å². The molecule has 0 bridgehead atoms. The maximum Gasteiger partial charge on any atom is 0.124 e. The summed E-state index contributed by atoms with van der Waals surface area (Å²) in [6.45, 7) is 21.1. The Morgan fingerprint density at radius 2 is 0.403 bits per heavy atom. The van der Waals surface area contributed by atoms with Crippen LogP contribution < -0.4 is 14.2 Å². The van der Waals surface area contributed by atoms with E-state index in [9.17, 15) is 30.6 Å². The standard InChI is InChI=1S/2C34H50N2O3.C32H46N2O3.3C7H7.3Ir/c2*1-3-4-5-6-7-8-9-10-11-12-15-22-39-30-19-21-34(38)29(24-30)26-36-32-17-14-13-16-31(32)35-25-28-23-27(2)18-20-33(28)37;1-3-4-5-6-7-8-9-10-13-20-37-28-17-19-32(36)27(22-28)24-34-30-15-12-11-14-29(30)33-23-26-21-25(2)16-18-31(26)35;3*1-7-5-3-2-4-6-7;;;/h2*18-21,23-26,31-32,37-38H,3-17,22H2,1-2H3;16-19,21-24,29-30,35-36H,3-15,20H2,1-2H3;3*3-6H,1H3;;;/q;;;3*-1;;;/t2*31-,32-;29-,30-;;;;;;/m111....../s1. The Bertz CT molecular complexity index is 4600. The quantitative estimate of drug-likeness (QED) is 0.0121. The molecule has 6 atom stereocenters. The van der Waals surface area contributed by atoms with Crippen LogP contribution in [0, 0.1) is 59.7 Å². The summed E-state index contributed by atoms with van der Waals surface area (Å²) in [5.74, 6) is 3.68. The van der Waals surface area contributed by atoms with E-state index in [1.54, 1.807) is 73.7 Å². The minimum atomic E-state index is 0. The van der Waals surface area contributed by atoms with E-state index in [2.05, 4.69) is 59.7 Å². The molecule has 0 amide bonds. The van der Waals surface area contributed by atoms with Gasteiger partial charge in [-0.1, -0.05) is 295 Å². The molecule has 9 aromatic carbocycles. The number of aliphatic imine (C=N–C) groups is 6. The zero-order chi connectivity index (χ0) is 97.1. The van der Waals surface area contributed by atoms with E-state index >= 15 is 0 Å². The number of benzene rings is 9. The van der Waals surface area contributed by atoms with Gasteiger partial charge in [0.1, 0.15) is 51.7 Å². The molecular weight excluding hydrogens is 2260 g/mol. The van der Waals surface area contributed by atoms with Crippen LogP contribution >= 0.6 is 0 Å². The van der Waals surface area contributed by atoms with E-state index in [-0.39, 0.29) is 131 Å². The van der Waals surface area contributed by atoms with E-state index in [1.807, 2.05) is 166 Å². The molecule has 0 unspecified atom stereocenters. The molecule has 3 aliphatic rings. The van der Waals surface area contributed by atoms with Crippen molar-refractivity contribution in [3.63, 3.8) is 0 Å². The maximum absolute atomic E-state index is 10.4. The Kier molecular flexibility index (Phi) is 67.7. The van der Waals surface area contributed by atoms with Crippen LogP contribution in [0.25, 0.3) is 0 Å². The number of phenols is 6. The second kappa shape index (κ2) is 76.8. The van der Waals surface area contributed by atoms with Gasteiger partial charge in [0.25, 0.3) is 0 Å². The molecule has 18 heteroatoms. The number of rotatable bonds is 49. The van der Waals surface area contributed by atoms with Gasteiger partial charge in [0.05, 0.1) is 56.1 Å². The summed E-state index contributed by atoms with van der Waals surface area (Å²) in [7, 11) is 0. The van der Waals surface area contributed by atoms with Gasteiger partial charge in [-0.25, -0.2) is 0 Å². The summed E-state index contributed by atoms with van der Waals surface area (Å²) < 4.78 is 17.9. The third-order valence-electron chi connectivity index (χ3n) is 25.3. The first-order valence-corrected chi connectivity index (χ1v) is 52.1. The third-order valence-corrected chi connectivity index (χ3v) is 25.3. The summed E-state index contributed by atoms with van der Waals surface area (Å²) in [6, 6.07) is 65.6. The van der Waals surface area contributed by atoms with Crippen molar-refractivity contribution in [3.8, 4) is 51.7 Å². The van der Waals surface area contributed by atoms with Crippen molar-refractivity contribution in [1.82, 2.24) is 0 Å². The fourth-order valence-electron chi connectivity index (χ4n) is 16.8. The van der Waals surface area contributed by atoms with Crippen LogP contribution in [0.5, 0.6) is 51.7 Å². The van der Waals surface area contributed by atoms with Crippen molar-refractivity contribution in [2.24, 2.45) is 30.0 Å². The van der Waals surface area contributed by atoms with Crippen molar-refractivity contribution in [2.45, 2.75) is 375 Å². The molecule has 0 aromatic heterocycles. The predicted octanol–water partition coefficient (Wildman–Crippen LogP) is 31.4. The molecule has 3 saturated carbocycles. The van der Waals surface area contributed by atoms with Crippen molar-refractivity contribution in [3.05, 3.63) is 267 Å². The van der Waals surface area contributed by atoms with Gasteiger partial charge in [-0.15, -0.1) is 0 Å². The molecule has 3 aliphatic carbocycles. The summed E-state index contributed by atoms with van der Waals surface area (Å²) in [4.78, 5) is 28.9. The number of hydrogen-bond donors (Lipinski definition) is 6. The van der Waals surface area contributed by atoms with Crippen LogP contribution in [-0.4, -0.2) is 124 Å². The first kappa shape index (κ1) is 122. The number of phenolic OH excluding ortho intramolecular Hbond substituents is 6. The minimum absolute atomic E-state index is 0. The van der Waals surface area contributed by atoms with E-state index in [1.165, 1.54) is 196 Å². The summed E-state index contributed by atoms with van der Waals surface area (Å²) in [6.07, 6.45) is 63.8. The molecule has 12 rings (SSSR count). The zero-order valence-corrected chi connectivity index (χ0v) is 92.6. The molecule has 139 heavy (non-hydrogen) atoms. The monoisotopic (exact) mass is 2430 g/mol. The third kappa shape index (κ3) is 54.3. The van der Waals surface area contributed by atoms with Crippen LogP contribution in [-0.2, 0) is 60.3 Å². The number of hydrogen-bond acceptors (Lipinski definition) is 15. The molecule has 765 valence electrons. The second-order valence-corrected chi connectivity index (χ2v) is 37.5. The van der Waals surface area contributed by atoms with Gasteiger partial charge in [0.15, 0.2) is 0 Å². The van der Waals surface area contributed by atoms with Gasteiger partial charge in [0.2, 0.25) is 0 Å². The normalized spacial score (nSPS) is 16.1. The fraction of sp³-hybridized carbons (Fsp3) is 0.504. The molecule has 0 aliphatic heterocycles. The molecule has 0 spiro atoms. The first-order valence-electron chi connectivity index (χ1n) is 52.1. The molecule has 6 N–H and O–H groups in total. The topological polar surface area (TPSA) is 223 Å². The molecule has 0 saturated heterocycles. The van der Waals surface area contributed by atoms with Gasteiger partial charge < -0.3 is 44.8 Å². The van der Waals surface area contributed by atoms with E-state index < -0.39 is 0 Å². The van der Waals surface area contributed by atoms with Crippen LogP contribution in [0.2, 0.25) is 0 Å². The second-order valence-electron chi connectivity index (χ2n) is 37.5. The van der Waals surface area contributed by atoms with Crippen LogP contribution in [0.15, 0.2) is 212 Å². The predicted molar refractivity (Wildman–Crippen MR) is 573 cm³/mol. The van der Waals surface area contributed by atoms with Crippen LogP contribution in [0.3, 0.4) is 0 Å². The Hall–Kier alpha value is -8.85. The first-order chi connectivity index (χ1) is 66.4. The van der Waals surface area contributed by atoms with Gasteiger partial charge in [-0.05, 0) is 170 Å².